The van der Waals surface area contributed by atoms with Crippen molar-refractivity contribution in [1.82, 2.24) is 9.55 Å². The van der Waals surface area contributed by atoms with Gasteiger partial charge < -0.3 is 18.9 Å². The first kappa shape index (κ1) is 23.9. The molecule has 0 N–H and O–H groups in total. The van der Waals surface area contributed by atoms with E-state index < -0.39 is 0 Å². The van der Waals surface area contributed by atoms with Gasteiger partial charge in [0.05, 0.1) is 24.2 Å². The van der Waals surface area contributed by atoms with E-state index in [9.17, 15) is 4.79 Å². The molecule has 4 aromatic rings. The Kier molecular flexibility index (Phi) is 7.21. The molecule has 6 nitrogen and oxygen atoms in total. The van der Waals surface area contributed by atoms with Crippen LogP contribution in [0.5, 0.6) is 11.5 Å². The summed E-state index contributed by atoms with van der Waals surface area (Å²) in [5.41, 5.74) is 4.17. The Bertz CT molecular complexity index is 1330. The van der Waals surface area contributed by atoms with E-state index in [1.54, 1.807) is 0 Å². The van der Waals surface area contributed by atoms with E-state index in [0.29, 0.717) is 26.2 Å². The van der Waals surface area contributed by atoms with Crippen molar-refractivity contribution in [1.29, 1.82) is 0 Å². The molecule has 1 aromatic heterocycles. The second-order valence-electron chi connectivity index (χ2n) is 9.26. The number of fused-ring (bicyclic) bond motifs is 1. The number of ether oxygens (including phenoxy) is 2. The minimum Gasteiger partial charge on any atom is -0.494 e. The summed E-state index contributed by atoms with van der Waals surface area (Å²) in [5.74, 6) is 2.95. The van der Waals surface area contributed by atoms with Gasteiger partial charge in [-0.05, 0) is 74.7 Å². The van der Waals surface area contributed by atoms with Crippen molar-refractivity contribution in [2.45, 2.75) is 45.6 Å². The quantitative estimate of drug-likeness (QED) is 0.255. The third-order valence-electron chi connectivity index (χ3n) is 6.76. The van der Waals surface area contributed by atoms with Crippen LogP contribution in [0.4, 0.5) is 5.69 Å². The fourth-order valence-corrected chi connectivity index (χ4v) is 4.93. The topological polar surface area (TPSA) is 56.6 Å². The monoisotopic (exact) mass is 483 g/mol. The largest absolute Gasteiger partial charge is 0.494 e. The Morgan fingerprint density at radius 1 is 0.944 bits per heavy atom. The molecule has 1 aliphatic heterocycles. The van der Waals surface area contributed by atoms with Gasteiger partial charge in [-0.25, -0.2) is 4.98 Å². The van der Waals surface area contributed by atoms with Crippen molar-refractivity contribution in [3.8, 4) is 11.5 Å². The number of para-hydroxylation sites is 3. The van der Waals surface area contributed by atoms with E-state index in [0.717, 1.165) is 59.0 Å². The van der Waals surface area contributed by atoms with Gasteiger partial charge in [0, 0.05) is 31.1 Å². The van der Waals surface area contributed by atoms with Crippen molar-refractivity contribution in [2.24, 2.45) is 0 Å². The Morgan fingerprint density at radius 3 is 2.53 bits per heavy atom. The average Bonchev–Trinajstić information content (AvgIpc) is 3.46. The highest BCUT2D eigenvalue weighted by Crippen LogP contribution is 2.34. The van der Waals surface area contributed by atoms with E-state index in [1.807, 2.05) is 60.4 Å². The fraction of sp³-hybridized carbons (Fsp3) is 0.333. The van der Waals surface area contributed by atoms with Crippen molar-refractivity contribution >= 4 is 22.6 Å². The van der Waals surface area contributed by atoms with E-state index in [2.05, 4.69) is 35.8 Å². The summed E-state index contributed by atoms with van der Waals surface area (Å²) in [5, 5.41) is 0. The number of anilines is 1. The molecule has 0 saturated carbocycles. The van der Waals surface area contributed by atoms with Crippen molar-refractivity contribution in [3.63, 3.8) is 0 Å². The maximum Gasteiger partial charge on any atom is 0.227 e. The molecule has 0 radical (unpaired) electrons. The zero-order chi connectivity index (χ0) is 24.9. The number of rotatable bonds is 10. The molecule has 2 heterocycles. The summed E-state index contributed by atoms with van der Waals surface area (Å²) in [6, 6.07) is 24.1. The van der Waals surface area contributed by atoms with Gasteiger partial charge in [-0.3, -0.25) is 4.79 Å². The van der Waals surface area contributed by atoms with E-state index in [-0.39, 0.29) is 11.8 Å². The molecule has 1 amide bonds. The van der Waals surface area contributed by atoms with Crippen LogP contribution in [0.2, 0.25) is 0 Å². The van der Waals surface area contributed by atoms with E-state index >= 15 is 0 Å². The Balaban J connectivity index is 1.28. The van der Waals surface area contributed by atoms with Gasteiger partial charge in [0.2, 0.25) is 5.91 Å². The molecule has 0 spiro atoms. The molecule has 5 rings (SSSR count). The summed E-state index contributed by atoms with van der Waals surface area (Å²) in [4.78, 5) is 19.9. The number of nitrogens with zero attached hydrogens (tertiary/aromatic N) is 3. The molecule has 0 bridgehead atoms. The maximum absolute atomic E-state index is 13.0. The first-order chi connectivity index (χ1) is 17.6. The smallest absolute Gasteiger partial charge is 0.227 e. The molecule has 1 saturated heterocycles. The number of carbonyl (C=O) groups is 1. The number of carbonyl (C=O) groups excluding carboxylic acids is 1. The molecular weight excluding hydrogens is 450 g/mol. The standard InChI is InChI=1S/C30H33N3O3/c1-3-35-25-16-14-24(15-17-25)33-21-23(20-29(33)34)30-31-26-11-5-6-12-27(26)32(30)18-8-9-19-36-28-13-7-4-10-22(28)2/h4-7,10-17,23H,3,8-9,18-21H2,1-2H3. The number of amides is 1. The van der Waals surface area contributed by atoms with Crippen LogP contribution in [-0.2, 0) is 11.3 Å². The van der Waals surface area contributed by atoms with Gasteiger partial charge >= 0.3 is 0 Å². The first-order valence-corrected chi connectivity index (χ1v) is 12.8. The number of aryl methyl sites for hydroxylation is 2. The predicted octanol–water partition coefficient (Wildman–Crippen LogP) is 6.12. The van der Waals surface area contributed by atoms with Gasteiger partial charge in [-0.2, -0.15) is 0 Å². The molecule has 1 atom stereocenters. The molecule has 1 aliphatic rings. The highest BCUT2D eigenvalue weighted by Gasteiger charge is 2.34. The Labute approximate surface area is 212 Å². The van der Waals surface area contributed by atoms with Crippen LogP contribution in [-0.4, -0.2) is 35.2 Å². The van der Waals surface area contributed by atoms with Crippen LogP contribution in [0.25, 0.3) is 11.0 Å². The number of unbranched alkanes of at least 4 members (excludes halogenated alkanes) is 1. The van der Waals surface area contributed by atoms with Gasteiger partial charge in [0.15, 0.2) is 0 Å². The Morgan fingerprint density at radius 2 is 1.72 bits per heavy atom. The van der Waals surface area contributed by atoms with E-state index in [1.165, 1.54) is 0 Å². The SMILES string of the molecule is CCOc1ccc(N2CC(c3nc4ccccc4n3CCCCOc3ccccc3C)CC2=O)cc1. The first-order valence-electron chi connectivity index (χ1n) is 12.8. The highest BCUT2D eigenvalue weighted by atomic mass is 16.5. The summed E-state index contributed by atoms with van der Waals surface area (Å²) in [7, 11) is 0. The third kappa shape index (κ3) is 5.08. The van der Waals surface area contributed by atoms with Gasteiger partial charge in [-0.1, -0.05) is 30.3 Å². The third-order valence-corrected chi connectivity index (χ3v) is 6.76. The minimum absolute atomic E-state index is 0.0553. The molecular formula is C30H33N3O3. The predicted molar refractivity (Wildman–Crippen MR) is 143 cm³/mol. The second kappa shape index (κ2) is 10.9. The summed E-state index contributed by atoms with van der Waals surface area (Å²) >= 11 is 0. The van der Waals surface area contributed by atoms with Crippen LogP contribution >= 0.6 is 0 Å². The van der Waals surface area contributed by atoms with Gasteiger partial charge in [-0.15, -0.1) is 0 Å². The van der Waals surface area contributed by atoms with Crippen molar-refractivity contribution in [3.05, 3.63) is 84.2 Å². The summed E-state index contributed by atoms with van der Waals surface area (Å²) in [6.45, 7) is 6.82. The van der Waals surface area contributed by atoms with Crippen molar-refractivity contribution < 1.29 is 14.3 Å². The number of imidazole rings is 1. The zero-order valence-electron chi connectivity index (χ0n) is 21.0. The van der Waals surface area contributed by atoms with Crippen molar-refractivity contribution in [2.75, 3.05) is 24.7 Å². The van der Waals surface area contributed by atoms with Gasteiger partial charge in [0.25, 0.3) is 0 Å². The Hall–Kier alpha value is -3.80. The number of hydrogen-bond donors (Lipinski definition) is 0. The number of benzene rings is 3. The van der Waals surface area contributed by atoms with Crippen LogP contribution in [0.1, 0.15) is 43.5 Å². The maximum atomic E-state index is 13.0. The molecule has 1 unspecified atom stereocenters. The lowest BCUT2D eigenvalue weighted by Crippen LogP contribution is -2.24. The van der Waals surface area contributed by atoms with Crippen LogP contribution in [0.15, 0.2) is 72.8 Å². The second-order valence-corrected chi connectivity index (χ2v) is 9.26. The highest BCUT2D eigenvalue weighted by molar-refractivity contribution is 5.96. The normalized spacial score (nSPS) is 15.6. The zero-order valence-corrected chi connectivity index (χ0v) is 21.0. The molecule has 0 aliphatic carbocycles. The molecule has 1 fully saturated rings. The lowest BCUT2D eigenvalue weighted by molar-refractivity contribution is -0.117. The summed E-state index contributed by atoms with van der Waals surface area (Å²) < 4.78 is 13.8. The van der Waals surface area contributed by atoms with E-state index in [4.69, 9.17) is 14.5 Å². The molecule has 186 valence electrons. The molecule has 36 heavy (non-hydrogen) atoms. The van der Waals surface area contributed by atoms with Crippen LogP contribution in [0.3, 0.4) is 0 Å². The van der Waals surface area contributed by atoms with Crippen LogP contribution in [0, 0.1) is 6.92 Å². The lowest BCUT2D eigenvalue weighted by Gasteiger charge is -2.18. The number of hydrogen-bond acceptors (Lipinski definition) is 4. The lowest BCUT2D eigenvalue weighted by atomic mass is 10.1. The average molecular weight is 484 g/mol. The minimum atomic E-state index is 0.0553. The molecule has 3 aromatic carbocycles. The van der Waals surface area contributed by atoms with Gasteiger partial charge in [0.1, 0.15) is 17.3 Å². The fourth-order valence-electron chi connectivity index (χ4n) is 4.93. The molecule has 6 heteroatoms. The summed E-state index contributed by atoms with van der Waals surface area (Å²) in [6.07, 6.45) is 2.39. The number of aromatic nitrogens is 2. The van der Waals surface area contributed by atoms with Crippen LogP contribution < -0.4 is 14.4 Å².